The molecule has 4 rings (SSSR count). The van der Waals surface area contributed by atoms with Gasteiger partial charge in [0.1, 0.15) is 18.5 Å². The minimum Gasteiger partial charge on any atom is -0.383 e. The molecule has 0 bridgehead atoms. The van der Waals surface area contributed by atoms with Crippen LogP contribution < -0.4 is 5.73 Å². The zero-order chi connectivity index (χ0) is 17.1. The summed E-state index contributed by atoms with van der Waals surface area (Å²) in [6, 6.07) is 14.0. The summed E-state index contributed by atoms with van der Waals surface area (Å²) in [5, 5.41) is 11.7. The molecule has 124 valence electrons. The van der Waals surface area contributed by atoms with E-state index in [9.17, 15) is 0 Å². The fourth-order valence-corrected chi connectivity index (χ4v) is 2.63. The van der Waals surface area contributed by atoms with Gasteiger partial charge in [-0.2, -0.15) is 0 Å². The Hall–Kier alpha value is -3.48. The molecule has 0 aliphatic carbocycles. The van der Waals surface area contributed by atoms with Crippen LogP contribution in [-0.2, 0) is 13.0 Å². The van der Waals surface area contributed by atoms with Crippen molar-refractivity contribution in [3.8, 4) is 11.3 Å². The summed E-state index contributed by atoms with van der Waals surface area (Å²) in [5.41, 5.74) is 9.83. The number of pyridine rings is 1. The van der Waals surface area contributed by atoms with Crippen molar-refractivity contribution in [3.63, 3.8) is 0 Å². The average Bonchev–Trinajstić information content (AvgIpc) is 3.29. The van der Waals surface area contributed by atoms with Crippen LogP contribution in [0.2, 0.25) is 0 Å². The molecule has 7 heteroatoms. The van der Waals surface area contributed by atoms with Crippen LogP contribution in [0.25, 0.3) is 11.3 Å². The quantitative estimate of drug-likeness (QED) is 0.603. The lowest BCUT2D eigenvalue weighted by molar-refractivity contribution is 0.425. The molecule has 0 atom stereocenters. The van der Waals surface area contributed by atoms with E-state index in [1.54, 1.807) is 18.9 Å². The molecule has 0 radical (unpaired) electrons. The van der Waals surface area contributed by atoms with Crippen LogP contribution in [0.15, 0.2) is 65.8 Å². The van der Waals surface area contributed by atoms with Crippen LogP contribution in [0.1, 0.15) is 16.8 Å². The molecule has 0 aliphatic rings. The fraction of sp³-hybridized carbons (Fsp3) is 0.111. The van der Waals surface area contributed by atoms with Gasteiger partial charge in [0.2, 0.25) is 0 Å². The van der Waals surface area contributed by atoms with Crippen LogP contribution in [0.5, 0.6) is 0 Å². The Bertz CT molecular complexity index is 959. The Labute approximate surface area is 144 Å². The first-order valence-electron chi connectivity index (χ1n) is 7.84. The Morgan fingerprint density at radius 2 is 1.76 bits per heavy atom. The Morgan fingerprint density at radius 1 is 1.00 bits per heavy atom. The monoisotopic (exact) mass is 332 g/mol. The Kier molecular flexibility index (Phi) is 3.96. The van der Waals surface area contributed by atoms with Gasteiger partial charge in [-0.1, -0.05) is 29.4 Å². The van der Waals surface area contributed by atoms with E-state index in [-0.39, 0.29) is 0 Å². The number of nitrogens with two attached hydrogens (primary N) is 1. The second kappa shape index (κ2) is 6.56. The number of hydrogen-bond donors (Lipinski definition) is 1. The standard InChI is InChI=1S/C18H16N6O/c19-18-16(2-1-7-20-18)17-9-15(23-25-17)8-13-3-5-14(6-4-13)10-24-11-21-22-12-24/h1-7,9,11-12H,8,10H2,(H2,19,20). The molecule has 0 saturated heterocycles. The lowest BCUT2D eigenvalue weighted by Gasteiger charge is -2.03. The normalized spacial score (nSPS) is 10.9. The fourth-order valence-electron chi connectivity index (χ4n) is 2.63. The lowest BCUT2D eigenvalue weighted by Crippen LogP contribution is -1.97. The van der Waals surface area contributed by atoms with E-state index in [1.807, 2.05) is 22.8 Å². The summed E-state index contributed by atoms with van der Waals surface area (Å²) in [5.74, 6) is 1.06. The van der Waals surface area contributed by atoms with E-state index in [1.165, 1.54) is 5.56 Å². The van der Waals surface area contributed by atoms with Crippen LogP contribution in [0, 0.1) is 0 Å². The number of hydrogen-bond acceptors (Lipinski definition) is 6. The van der Waals surface area contributed by atoms with E-state index in [0.717, 1.165) is 23.4 Å². The predicted octanol–water partition coefficient (Wildman–Crippen LogP) is 2.55. The summed E-state index contributed by atoms with van der Waals surface area (Å²) >= 11 is 0. The van der Waals surface area contributed by atoms with E-state index in [0.29, 0.717) is 18.0 Å². The molecule has 3 heterocycles. The second-order valence-electron chi connectivity index (χ2n) is 5.75. The van der Waals surface area contributed by atoms with Gasteiger partial charge < -0.3 is 14.8 Å². The number of anilines is 1. The van der Waals surface area contributed by atoms with Crippen molar-refractivity contribution in [1.82, 2.24) is 24.9 Å². The third-order valence-electron chi connectivity index (χ3n) is 3.90. The van der Waals surface area contributed by atoms with Gasteiger partial charge in [-0.25, -0.2) is 4.98 Å². The first-order valence-corrected chi connectivity index (χ1v) is 7.84. The highest BCUT2D eigenvalue weighted by Gasteiger charge is 2.10. The van der Waals surface area contributed by atoms with Gasteiger partial charge in [0.25, 0.3) is 0 Å². The second-order valence-corrected chi connectivity index (χ2v) is 5.75. The molecule has 3 aromatic heterocycles. The van der Waals surface area contributed by atoms with Crippen molar-refractivity contribution in [2.75, 3.05) is 5.73 Å². The zero-order valence-electron chi connectivity index (χ0n) is 13.4. The molecule has 25 heavy (non-hydrogen) atoms. The molecule has 0 amide bonds. The van der Waals surface area contributed by atoms with Crippen LogP contribution in [0.4, 0.5) is 5.82 Å². The molecule has 0 unspecified atom stereocenters. The van der Waals surface area contributed by atoms with Crippen molar-refractivity contribution in [2.24, 2.45) is 0 Å². The van der Waals surface area contributed by atoms with Gasteiger partial charge in [-0.05, 0) is 23.3 Å². The highest BCUT2D eigenvalue weighted by atomic mass is 16.5. The summed E-state index contributed by atoms with van der Waals surface area (Å²) < 4.78 is 7.34. The number of aromatic nitrogens is 5. The van der Waals surface area contributed by atoms with Crippen LogP contribution >= 0.6 is 0 Å². The number of benzene rings is 1. The van der Waals surface area contributed by atoms with Gasteiger partial charge in [0.15, 0.2) is 5.76 Å². The number of nitrogens with zero attached hydrogens (tertiary/aromatic N) is 5. The molecule has 0 fully saturated rings. The van der Waals surface area contributed by atoms with Crippen molar-refractivity contribution < 1.29 is 4.52 Å². The topological polar surface area (TPSA) is 95.7 Å². The molecular weight excluding hydrogens is 316 g/mol. The maximum atomic E-state index is 5.88. The highest BCUT2D eigenvalue weighted by molar-refractivity contribution is 5.69. The van der Waals surface area contributed by atoms with Gasteiger partial charge in [0.05, 0.1) is 11.3 Å². The molecule has 0 aliphatic heterocycles. The van der Waals surface area contributed by atoms with Crippen molar-refractivity contribution in [1.29, 1.82) is 0 Å². The molecular formula is C18H16N6O. The van der Waals surface area contributed by atoms with Crippen LogP contribution in [0.3, 0.4) is 0 Å². The van der Waals surface area contributed by atoms with Gasteiger partial charge >= 0.3 is 0 Å². The first-order chi connectivity index (χ1) is 12.3. The molecule has 2 N–H and O–H groups in total. The third-order valence-corrected chi connectivity index (χ3v) is 3.90. The Balaban J connectivity index is 1.47. The SMILES string of the molecule is Nc1ncccc1-c1cc(Cc2ccc(Cn3cnnc3)cc2)no1. The maximum Gasteiger partial charge on any atom is 0.170 e. The van der Waals surface area contributed by atoms with E-state index >= 15 is 0 Å². The van der Waals surface area contributed by atoms with E-state index in [4.69, 9.17) is 10.3 Å². The predicted molar refractivity (Wildman–Crippen MR) is 92.5 cm³/mol. The van der Waals surface area contributed by atoms with Crippen molar-refractivity contribution in [2.45, 2.75) is 13.0 Å². The molecule has 0 spiro atoms. The zero-order valence-corrected chi connectivity index (χ0v) is 13.4. The van der Waals surface area contributed by atoms with E-state index < -0.39 is 0 Å². The Morgan fingerprint density at radius 3 is 2.52 bits per heavy atom. The average molecular weight is 332 g/mol. The van der Waals surface area contributed by atoms with Gasteiger partial charge in [0, 0.05) is 25.2 Å². The third kappa shape index (κ3) is 3.40. The summed E-state index contributed by atoms with van der Waals surface area (Å²) in [4.78, 5) is 4.07. The van der Waals surface area contributed by atoms with Gasteiger partial charge in [-0.15, -0.1) is 10.2 Å². The summed E-state index contributed by atoms with van der Waals surface area (Å²) in [7, 11) is 0. The first kappa shape index (κ1) is 15.1. The van der Waals surface area contributed by atoms with Gasteiger partial charge in [-0.3, -0.25) is 0 Å². The lowest BCUT2D eigenvalue weighted by atomic mass is 10.1. The highest BCUT2D eigenvalue weighted by Crippen LogP contribution is 2.25. The smallest absolute Gasteiger partial charge is 0.170 e. The van der Waals surface area contributed by atoms with Crippen LogP contribution in [-0.4, -0.2) is 24.9 Å². The summed E-state index contributed by atoms with van der Waals surface area (Å²) in [6.45, 7) is 0.752. The minimum atomic E-state index is 0.434. The van der Waals surface area contributed by atoms with Crippen molar-refractivity contribution in [3.05, 3.63) is 78.1 Å². The number of rotatable bonds is 5. The molecule has 7 nitrogen and oxygen atoms in total. The number of nitrogen functional groups attached to an aromatic ring is 1. The maximum absolute atomic E-state index is 5.88. The molecule has 0 saturated carbocycles. The molecule has 4 aromatic rings. The summed E-state index contributed by atoms with van der Waals surface area (Å²) in [6.07, 6.45) is 5.75. The largest absolute Gasteiger partial charge is 0.383 e. The molecule has 1 aromatic carbocycles. The van der Waals surface area contributed by atoms with E-state index in [2.05, 4.69) is 44.6 Å². The minimum absolute atomic E-state index is 0.434. The van der Waals surface area contributed by atoms with Crippen molar-refractivity contribution >= 4 is 5.82 Å².